The van der Waals surface area contributed by atoms with Crippen molar-refractivity contribution in [2.45, 2.75) is 13.3 Å². The second kappa shape index (κ2) is 5.82. The van der Waals surface area contributed by atoms with Crippen LogP contribution in [0.2, 0.25) is 0 Å². The van der Waals surface area contributed by atoms with Crippen molar-refractivity contribution in [1.29, 1.82) is 0 Å². The number of aliphatic hydroxyl groups is 1. The Labute approximate surface area is 122 Å². The number of aromatic nitrogens is 4. The van der Waals surface area contributed by atoms with Gasteiger partial charge >= 0.3 is 5.69 Å². The number of rotatable bonds is 3. The molecule has 0 unspecified atom stereocenters. The summed E-state index contributed by atoms with van der Waals surface area (Å²) in [6.45, 7) is 6.38. The fourth-order valence-electron chi connectivity index (χ4n) is 2.81. The first-order valence-corrected chi connectivity index (χ1v) is 7.22. The predicted molar refractivity (Wildman–Crippen MR) is 78.7 cm³/mol. The van der Waals surface area contributed by atoms with Gasteiger partial charge < -0.3 is 10.0 Å². The minimum Gasteiger partial charge on any atom is -0.395 e. The molecule has 0 bridgehead atoms. The van der Waals surface area contributed by atoms with Gasteiger partial charge in [0.2, 0.25) is 0 Å². The number of H-pyrrole nitrogens is 1. The monoisotopic (exact) mass is 292 g/mol. The fraction of sp³-hybridized carbons (Fsp3) is 0.615. The van der Waals surface area contributed by atoms with Crippen molar-refractivity contribution >= 4 is 11.5 Å². The Balaban J connectivity index is 1.85. The van der Waals surface area contributed by atoms with E-state index in [0.717, 1.165) is 38.4 Å². The number of aryl methyl sites for hydroxylation is 1. The lowest BCUT2D eigenvalue weighted by Crippen LogP contribution is -2.33. The number of hydrogen-bond donors (Lipinski definition) is 2. The summed E-state index contributed by atoms with van der Waals surface area (Å²) < 4.78 is 1.47. The number of anilines is 1. The van der Waals surface area contributed by atoms with Gasteiger partial charge in [-0.05, 0) is 19.9 Å². The molecule has 0 aliphatic carbocycles. The largest absolute Gasteiger partial charge is 0.395 e. The Kier molecular flexibility index (Phi) is 3.89. The molecule has 114 valence electrons. The maximum atomic E-state index is 11.6. The second-order valence-corrected chi connectivity index (χ2v) is 5.29. The van der Waals surface area contributed by atoms with Crippen molar-refractivity contribution in [2.75, 3.05) is 44.2 Å². The van der Waals surface area contributed by atoms with Gasteiger partial charge in [0.05, 0.1) is 6.61 Å². The summed E-state index contributed by atoms with van der Waals surface area (Å²) in [6.07, 6.45) is 1.03. The molecule has 3 heterocycles. The molecule has 0 spiro atoms. The van der Waals surface area contributed by atoms with Crippen molar-refractivity contribution in [1.82, 2.24) is 24.5 Å². The zero-order chi connectivity index (χ0) is 14.8. The Morgan fingerprint density at radius 1 is 1.33 bits per heavy atom. The lowest BCUT2D eigenvalue weighted by molar-refractivity contribution is 0.204. The standard InChI is InChI=1S/C13H20N6O2/c1-10-14-11(9-12-15-16-13(21)19(10)12)18-4-2-3-17(5-6-18)7-8-20/h9,20H,2-8H2,1H3,(H,16,21). The van der Waals surface area contributed by atoms with Gasteiger partial charge in [-0.15, -0.1) is 0 Å². The molecule has 0 saturated carbocycles. The van der Waals surface area contributed by atoms with Crippen LogP contribution in [0.15, 0.2) is 10.9 Å². The summed E-state index contributed by atoms with van der Waals surface area (Å²) in [4.78, 5) is 20.6. The van der Waals surface area contributed by atoms with Crippen LogP contribution in [0, 0.1) is 6.92 Å². The molecular weight excluding hydrogens is 272 g/mol. The fourth-order valence-corrected chi connectivity index (χ4v) is 2.81. The molecule has 8 nitrogen and oxygen atoms in total. The van der Waals surface area contributed by atoms with E-state index in [-0.39, 0.29) is 12.3 Å². The summed E-state index contributed by atoms with van der Waals surface area (Å²) in [7, 11) is 0. The van der Waals surface area contributed by atoms with E-state index < -0.39 is 0 Å². The normalized spacial score (nSPS) is 17.3. The van der Waals surface area contributed by atoms with Gasteiger partial charge in [0.25, 0.3) is 0 Å². The maximum absolute atomic E-state index is 11.6. The third kappa shape index (κ3) is 2.77. The number of fused-ring (bicyclic) bond motifs is 1. The Morgan fingerprint density at radius 3 is 3.00 bits per heavy atom. The number of aliphatic hydroxyl groups excluding tert-OH is 1. The number of hydrogen-bond acceptors (Lipinski definition) is 6. The Morgan fingerprint density at radius 2 is 2.19 bits per heavy atom. The maximum Gasteiger partial charge on any atom is 0.349 e. The minimum atomic E-state index is -0.258. The van der Waals surface area contributed by atoms with E-state index in [0.29, 0.717) is 18.0 Å². The SMILES string of the molecule is Cc1nc(N2CCCN(CCO)CC2)cc2n[nH]c(=O)n12. The zero-order valence-corrected chi connectivity index (χ0v) is 12.1. The highest BCUT2D eigenvalue weighted by molar-refractivity contribution is 5.51. The van der Waals surface area contributed by atoms with Gasteiger partial charge in [0.1, 0.15) is 11.6 Å². The average Bonchev–Trinajstić information content (AvgIpc) is 2.70. The number of aromatic amines is 1. The first kappa shape index (κ1) is 14.0. The van der Waals surface area contributed by atoms with Gasteiger partial charge in [0.15, 0.2) is 5.65 Å². The van der Waals surface area contributed by atoms with E-state index in [2.05, 4.69) is 25.0 Å². The van der Waals surface area contributed by atoms with E-state index in [1.54, 1.807) is 0 Å². The van der Waals surface area contributed by atoms with Crippen LogP contribution in [-0.4, -0.2) is 68.9 Å². The highest BCUT2D eigenvalue weighted by Gasteiger charge is 2.17. The van der Waals surface area contributed by atoms with Gasteiger partial charge in [-0.25, -0.2) is 19.3 Å². The van der Waals surface area contributed by atoms with E-state index in [1.807, 2.05) is 13.0 Å². The molecule has 0 atom stereocenters. The lowest BCUT2D eigenvalue weighted by atomic mass is 10.3. The topological polar surface area (TPSA) is 89.8 Å². The highest BCUT2D eigenvalue weighted by Crippen LogP contribution is 2.16. The number of nitrogens with zero attached hydrogens (tertiary/aromatic N) is 5. The molecule has 1 saturated heterocycles. The summed E-state index contributed by atoms with van der Waals surface area (Å²) in [5, 5.41) is 15.5. The molecule has 8 heteroatoms. The Bertz CT molecular complexity index is 679. The summed E-state index contributed by atoms with van der Waals surface area (Å²) >= 11 is 0. The zero-order valence-electron chi connectivity index (χ0n) is 12.1. The first-order chi connectivity index (χ1) is 10.2. The average molecular weight is 292 g/mol. The number of nitrogens with one attached hydrogen (secondary N) is 1. The molecule has 0 radical (unpaired) electrons. The molecule has 2 N–H and O–H groups in total. The van der Waals surface area contributed by atoms with Gasteiger partial charge in [-0.2, -0.15) is 5.10 Å². The van der Waals surface area contributed by atoms with Crippen LogP contribution in [0.1, 0.15) is 12.2 Å². The van der Waals surface area contributed by atoms with Crippen LogP contribution in [0.25, 0.3) is 5.65 Å². The van der Waals surface area contributed by atoms with Crippen LogP contribution in [0.4, 0.5) is 5.82 Å². The second-order valence-electron chi connectivity index (χ2n) is 5.29. The molecule has 2 aromatic heterocycles. The quantitative estimate of drug-likeness (QED) is 0.772. The van der Waals surface area contributed by atoms with Gasteiger partial charge in [-0.3, -0.25) is 4.90 Å². The van der Waals surface area contributed by atoms with Crippen LogP contribution < -0.4 is 10.6 Å². The molecule has 3 rings (SSSR count). The third-order valence-corrected chi connectivity index (χ3v) is 3.89. The summed E-state index contributed by atoms with van der Waals surface area (Å²) in [5.41, 5.74) is 0.338. The van der Waals surface area contributed by atoms with E-state index in [4.69, 9.17) is 5.11 Å². The van der Waals surface area contributed by atoms with Crippen molar-refractivity contribution < 1.29 is 5.11 Å². The molecule has 0 amide bonds. The smallest absolute Gasteiger partial charge is 0.349 e. The molecular formula is C13H20N6O2. The number of β-amino-alcohol motifs (C(OH)–C–C–N with tert-alkyl or cyclic N) is 1. The predicted octanol–water partition coefficient (Wildman–Crippen LogP) is -0.770. The highest BCUT2D eigenvalue weighted by atomic mass is 16.3. The minimum absolute atomic E-state index is 0.194. The lowest BCUT2D eigenvalue weighted by Gasteiger charge is -2.22. The van der Waals surface area contributed by atoms with Crippen molar-refractivity contribution in [3.63, 3.8) is 0 Å². The molecule has 0 aromatic carbocycles. The summed E-state index contributed by atoms with van der Waals surface area (Å²) in [5.74, 6) is 1.49. The first-order valence-electron chi connectivity index (χ1n) is 7.22. The van der Waals surface area contributed by atoms with Crippen LogP contribution >= 0.6 is 0 Å². The molecule has 1 aliphatic rings. The third-order valence-electron chi connectivity index (χ3n) is 3.89. The van der Waals surface area contributed by atoms with Gasteiger partial charge in [-0.1, -0.05) is 0 Å². The van der Waals surface area contributed by atoms with Crippen LogP contribution in [0.3, 0.4) is 0 Å². The summed E-state index contributed by atoms with van der Waals surface area (Å²) in [6, 6.07) is 1.84. The van der Waals surface area contributed by atoms with Crippen molar-refractivity contribution in [3.8, 4) is 0 Å². The molecule has 2 aromatic rings. The van der Waals surface area contributed by atoms with Crippen LogP contribution in [-0.2, 0) is 0 Å². The van der Waals surface area contributed by atoms with Crippen LogP contribution in [0.5, 0.6) is 0 Å². The van der Waals surface area contributed by atoms with Crippen molar-refractivity contribution in [3.05, 3.63) is 22.4 Å². The molecule has 1 aliphatic heterocycles. The van der Waals surface area contributed by atoms with E-state index in [1.165, 1.54) is 4.40 Å². The van der Waals surface area contributed by atoms with E-state index in [9.17, 15) is 4.79 Å². The molecule has 1 fully saturated rings. The molecule has 21 heavy (non-hydrogen) atoms. The van der Waals surface area contributed by atoms with Crippen molar-refractivity contribution in [2.24, 2.45) is 0 Å². The van der Waals surface area contributed by atoms with E-state index >= 15 is 0 Å². The van der Waals surface area contributed by atoms with Gasteiger partial charge in [0, 0.05) is 32.2 Å². The Hall–Kier alpha value is -1.93.